The van der Waals surface area contributed by atoms with Crippen molar-refractivity contribution in [3.63, 3.8) is 0 Å². The fourth-order valence-corrected chi connectivity index (χ4v) is 4.16. The van der Waals surface area contributed by atoms with Gasteiger partial charge >= 0.3 is 0 Å². The highest BCUT2D eigenvalue weighted by Gasteiger charge is 2.33. The summed E-state index contributed by atoms with van der Waals surface area (Å²) < 4.78 is 15.7. The maximum Gasteiger partial charge on any atom is 0.254 e. The summed E-state index contributed by atoms with van der Waals surface area (Å²) in [7, 11) is 0. The molecule has 2 heterocycles. The molecule has 0 saturated carbocycles. The average Bonchev–Trinajstić information content (AvgIpc) is 3.26. The second-order valence-corrected chi connectivity index (χ2v) is 7.93. The summed E-state index contributed by atoms with van der Waals surface area (Å²) in [5, 5.41) is 0.630. The van der Waals surface area contributed by atoms with Crippen molar-refractivity contribution in [1.29, 1.82) is 0 Å². The number of carbonyl (C=O) groups is 2. The van der Waals surface area contributed by atoms with Crippen molar-refractivity contribution in [1.82, 2.24) is 14.4 Å². The number of amides is 2. The topological polar surface area (TPSA) is 45.6 Å². The van der Waals surface area contributed by atoms with E-state index in [4.69, 9.17) is 11.6 Å². The normalized spacial score (nSPS) is 15.5. The minimum Gasteiger partial charge on any atom is -0.348 e. The molecule has 3 aromatic rings. The van der Waals surface area contributed by atoms with E-state index in [0.29, 0.717) is 24.7 Å². The van der Waals surface area contributed by atoms with Crippen LogP contribution in [0.4, 0.5) is 4.39 Å². The highest BCUT2D eigenvalue weighted by Crippen LogP contribution is 2.33. The molecule has 4 rings (SSSR count). The van der Waals surface area contributed by atoms with Gasteiger partial charge < -0.3 is 14.4 Å². The van der Waals surface area contributed by atoms with Crippen LogP contribution >= 0.6 is 11.6 Å². The molecule has 5 nitrogen and oxygen atoms in total. The van der Waals surface area contributed by atoms with Crippen LogP contribution < -0.4 is 0 Å². The van der Waals surface area contributed by atoms with Gasteiger partial charge in [0.25, 0.3) is 5.91 Å². The summed E-state index contributed by atoms with van der Waals surface area (Å²) in [4.78, 5) is 29.5. The van der Waals surface area contributed by atoms with Crippen LogP contribution in [0.5, 0.6) is 0 Å². The molecular formula is C24H23ClFN3O2. The lowest BCUT2D eigenvalue weighted by molar-refractivity contribution is -0.134. The predicted molar refractivity (Wildman–Crippen MR) is 117 cm³/mol. The molecule has 1 atom stereocenters. The van der Waals surface area contributed by atoms with E-state index >= 15 is 0 Å². The molecule has 2 aromatic carbocycles. The first-order valence-corrected chi connectivity index (χ1v) is 10.6. The van der Waals surface area contributed by atoms with E-state index in [2.05, 4.69) is 4.57 Å². The Kier molecular flexibility index (Phi) is 6.09. The number of nitrogens with zero attached hydrogens (tertiary/aromatic N) is 3. The first kappa shape index (κ1) is 21.1. The Balaban J connectivity index is 1.60. The number of benzene rings is 2. The SMILES string of the molecule is CCN(CC(=O)N1CCn2cccc2C1c1ccc(Cl)cc1)C(=O)c1cccc(F)c1. The smallest absolute Gasteiger partial charge is 0.254 e. The number of hydrogen-bond donors (Lipinski definition) is 0. The number of fused-ring (bicyclic) bond motifs is 1. The summed E-state index contributed by atoms with van der Waals surface area (Å²) in [6, 6.07) is 16.7. The number of aromatic nitrogens is 1. The Hall–Kier alpha value is -3.12. The molecule has 1 aliphatic heterocycles. The zero-order valence-corrected chi connectivity index (χ0v) is 17.9. The molecule has 2 amide bonds. The average molecular weight is 440 g/mol. The van der Waals surface area contributed by atoms with Gasteiger partial charge in [0.2, 0.25) is 5.91 Å². The van der Waals surface area contributed by atoms with Crippen molar-refractivity contribution in [3.8, 4) is 0 Å². The van der Waals surface area contributed by atoms with Crippen LogP contribution in [0.3, 0.4) is 0 Å². The molecule has 0 saturated heterocycles. The molecule has 160 valence electrons. The summed E-state index contributed by atoms with van der Waals surface area (Å²) in [5.74, 6) is -0.995. The maximum absolute atomic E-state index is 13.6. The van der Waals surface area contributed by atoms with E-state index in [9.17, 15) is 14.0 Å². The monoisotopic (exact) mass is 439 g/mol. The Bertz CT molecular complexity index is 1100. The largest absolute Gasteiger partial charge is 0.348 e. The van der Waals surface area contributed by atoms with Gasteiger partial charge in [0.05, 0.1) is 6.04 Å². The van der Waals surface area contributed by atoms with E-state index in [1.807, 2.05) is 49.5 Å². The Labute approximate surface area is 185 Å². The van der Waals surface area contributed by atoms with Crippen LogP contribution in [0.15, 0.2) is 66.9 Å². The van der Waals surface area contributed by atoms with E-state index in [0.717, 1.165) is 11.3 Å². The first-order valence-electron chi connectivity index (χ1n) is 10.2. The molecule has 0 radical (unpaired) electrons. The Morgan fingerprint density at radius 3 is 2.58 bits per heavy atom. The van der Waals surface area contributed by atoms with Crippen molar-refractivity contribution >= 4 is 23.4 Å². The van der Waals surface area contributed by atoms with E-state index in [-0.39, 0.29) is 30.0 Å². The number of carbonyl (C=O) groups excluding carboxylic acids is 2. The van der Waals surface area contributed by atoms with Gasteiger partial charge in [-0.25, -0.2) is 4.39 Å². The highest BCUT2D eigenvalue weighted by molar-refractivity contribution is 6.30. The third kappa shape index (κ3) is 4.35. The van der Waals surface area contributed by atoms with Gasteiger partial charge in [-0.05, 0) is 55.0 Å². The van der Waals surface area contributed by atoms with Crippen molar-refractivity contribution in [2.75, 3.05) is 19.6 Å². The minimum absolute atomic E-state index is 0.0728. The predicted octanol–water partition coefficient (Wildman–Crippen LogP) is 4.37. The molecule has 0 fully saturated rings. The Morgan fingerprint density at radius 2 is 1.87 bits per heavy atom. The molecule has 31 heavy (non-hydrogen) atoms. The van der Waals surface area contributed by atoms with E-state index in [1.54, 1.807) is 11.0 Å². The lowest BCUT2D eigenvalue weighted by Gasteiger charge is -2.38. The van der Waals surface area contributed by atoms with Crippen molar-refractivity contribution in [2.45, 2.75) is 19.5 Å². The standard InChI is InChI=1S/C24H23ClFN3O2/c1-2-27(24(31)18-5-3-6-20(26)15-18)16-22(30)29-14-13-28-12-4-7-21(28)23(29)17-8-10-19(25)11-9-17/h3-12,15,23H,2,13-14,16H2,1H3. The van der Waals surface area contributed by atoms with Crippen LogP contribution in [-0.2, 0) is 11.3 Å². The molecule has 0 bridgehead atoms. The summed E-state index contributed by atoms with van der Waals surface area (Å²) in [6.45, 7) is 3.29. The van der Waals surface area contributed by atoms with Crippen LogP contribution in [0, 0.1) is 5.82 Å². The molecule has 7 heteroatoms. The first-order chi connectivity index (χ1) is 15.0. The van der Waals surface area contributed by atoms with Gasteiger partial charge in [0, 0.05) is 42.1 Å². The lowest BCUT2D eigenvalue weighted by Crippen LogP contribution is -2.48. The van der Waals surface area contributed by atoms with Gasteiger partial charge in [-0.3, -0.25) is 9.59 Å². The third-order valence-electron chi connectivity index (χ3n) is 5.61. The van der Waals surface area contributed by atoms with Gasteiger partial charge in [-0.15, -0.1) is 0 Å². The van der Waals surface area contributed by atoms with Gasteiger partial charge in [-0.2, -0.15) is 0 Å². The maximum atomic E-state index is 13.6. The summed E-state index contributed by atoms with van der Waals surface area (Å²) in [5.41, 5.74) is 2.20. The van der Waals surface area contributed by atoms with Crippen molar-refractivity contribution < 1.29 is 14.0 Å². The van der Waals surface area contributed by atoms with Crippen molar-refractivity contribution in [3.05, 3.63) is 94.5 Å². The molecule has 0 spiro atoms. The second-order valence-electron chi connectivity index (χ2n) is 7.50. The summed E-state index contributed by atoms with van der Waals surface area (Å²) >= 11 is 6.06. The molecule has 0 N–H and O–H groups in total. The zero-order valence-electron chi connectivity index (χ0n) is 17.2. The van der Waals surface area contributed by atoms with Crippen LogP contribution in [0.2, 0.25) is 5.02 Å². The van der Waals surface area contributed by atoms with E-state index < -0.39 is 5.82 Å². The minimum atomic E-state index is -0.479. The lowest BCUT2D eigenvalue weighted by atomic mass is 9.99. The van der Waals surface area contributed by atoms with Crippen molar-refractivity contribution in [2.24, 2.45) is 0 Å². The number of halogens is 2. The number of rotatable bonds is 5. The zero-order chi connectivity index (χ0) is 22.0. The highest BCUT2D eigenvalue weighted by atomic mass is 35.5. The number of hydrogen-bond acceptors (Lipinski definition) is 2. The molecular weight excluding hydrogens is 417 g/mol. The fourth-order valence-electron chi connectivity index (χ4n) is 4.03. The van der Waals surface area contributed by atoms with Crippen LogP contribution in [-0.4, -0.2) is 45.8 Å². The van der Waals surface area contributed by atoms with Gasteiger partial charge in [0.15, 0.2) is 0 Å². The Morgan fingerprint density at radius 1 is 1.10 bits per heavy atom. The molecule has 0 aliphatic carbocycles. The van der Waals surface area contributed by atoms with Gasteiger partial charge in [0.1, 0.15) is 12.4 Å². The number of likely N-dealkylation sites (N-methyl/N-ethyl adjacent to an activating group) is 1. The quantitative estimate of drug-likeness (QED) is 0.592. The third-order valence-corrected chi connectivity index (χ3v) is 5.86. The molecule has 1 aliphatic rings. The van der Waals surface area contributed by atoms with E-state index in [1.165, 1.54) is 23.1 Å². The summed E-state index contributed by atoms with van der Waals surface area (Å²) in [6.07, 6.45) is 2.01. The second kappa shape index (κ2) is 8.94. The molecule has 1 aromatic heterocycles. The van der Waals surface area contributed by atoms with Gasteiger partial charge in [-0.1, -0.05) is 29.8 Å². The fraction of sp³-hybridized carbons (Fsp3) is 0.250. The van der Waals surface area contributed by atoms with Crippen LogP contribution in [0.1, 0.15) is 34.6 Å². The molecule has 1 unspecified atom stereocenters. The van der Waals surface area contributed by atoms with Crippen LogP contribution in [0.25, 0.3) is 0 Å².